The van der Waals surface area contributed by atoms with E-state index in [0.717, 1.165) is 25.7 Å². The first-order valence-corrected chi connectivity index (χ1v) is 9.75. The van der Waals surface area contributed by atoms with Crippen LogP contribution in [0.5, 0.6) is 11.6 Å². The maximum absolute atomic E-state index is 13.2. The molecule has 31 heavy (non-hydrogen) atoms. The van der Waals surface area contributed by atoms with Crippen molar-refractivity contribution in [2.45, 2.75) is 51.1 Å². The van der Waals surface area contributed by atoms with Gasteiger partial charge in [0.15, 0.2) is 6.61 Å². The van der Waals surface area contributed by atoms with Crippen molar-refractivity contribution in [3.05, 3.63) is 36.0 Å². The van der Waals surface area contributed by atoms with E-state index in [9.17, 15) is 26.3 Å². The molecular weight excluding hydrogens is 428 g/mol. The fourth-order valence-corrected chi connectivity index (χ4v) is 3.33. The van der Waals surface area contributed by atoms with Crippen LogP contribution in [0.25, 0.3) is 0 Å². The molecule has 0 saturated heterocycles. The number of aromatic nitrogens is 2. The second-order valence-corrected chi connectivity index (χ2v) is 7.03. The van der Waals surface area contributed by atoms with Crippen molar-refractivity contribution >= 4 is 11.6 Å². The van der Waals surface area contributed by atoms with Crippen molar-refractivity contribution in [3.63, 3.8) is 0 Å². The van der Waals surface area contributed by atoms with Crippen molar-refractivity contribution in [2.24, 2.45) is 0 Å². The lowest BCUT2D eigenvalue weighted by Crippen LogP contribution is -2.24. The highest BCUT2D eigenvalue weighted by Crippen LogP contribution is 2.39. The predicted molar refractivity (Wildman–Crippen MR) is 101 cm³/mol. The summed E-state index contributed by atoms with van der Waals surface area (Å²) in [4.78, 5) is 8.89. The van der Waals surface area contributed by atoms with Gasteiger partial charge in [-0.25, -0.2) is 4.98 Å². The Morgan fingerprint density at radius 3 is 2.35 bits per heavy atom. The lowest BCUT2D eigenvalue weighted by Gasteiger charge is -2.26. The van der Waals surface area contributed by atoms with Gasteiger partial charge >= 0.3 is 12.4 Å². The summed E-state index contributed by atoms with van der Waals surface area (Å²) in [5, 5.41) is 0. The van der Waals surface area contributed by atoms with Crippen LogP contribution in [0, 0.1) is 0 Å². The first-order valence-electron chi connectivity index (χ1n) is 9.75. The van der Waals surface area contributed by atoms with Gasteiger partial charge in [0.2, 0.25) is 11.8 Å². The first kappa shape index (κ1) is 23.0. The van der Waals surface area contributed by atoms with E-state index in [0.29, 0.717) is 17.6 Å². The van der Waals surface area contributed by atoms with Gasteiger partial charge < -0.3 is 14.4 Å². The van der Waals surface area contributed by atoms with E-state index in [4.69, 9.17) is 4.74 Å². The van der Waals surface area contributed by atoms with E-state index in [1.165, 1.54) is 4.90 Å². The number of hydrogen-bond donors (Lipinski definition) is 0. The zero-order valence-corrected chi connectivity index (χ0v) is 16.6. The standard InChI is InChI=1S/C20H21F6N3O2/c1-2-29(15-9-5-6-10-16(15)31-13-7-3-4-8-13)18-27-11-14(20(24,25)26)17(28-18)30-12-19(21,22)23/h5-6,9-11,13H,2-4,7-8,12H2,1H3. The van der Waals surface area contributed by atoms with Gasteiger partial charge in [-0.1, -0.05) is 12.1 Å². The summed E-state index contributed by atoms with van der Waals surface area (Å²) in [5.41, 5.74) is -0.981. The maximum Gasteiger partial charge on any atom is 0.423 e. The molecule has 11 heteroatoms. The van der Waals surface area contributed by atoms with Crippen LogP contribution in [0.3, 0.4) is 0 Å². The van der Waals surface area contributed by atoms with Gasteiger partial charge in [-0.3, -0.25) is 0 Å². The topological polar surface area (TPSA) is 47.5 Å². The molecular formula is C20H21F6N3O2. The average molecular weight is 449 g/mol. The summed E-state index contributed by atoms with van der Waals surface area (Å²) in [7, 11) is 0. The van der Waals surface area contributed by atoms with Crippen LogP contribution in [-0.2, 0) is 6.18 Å². The Bertz CT molecular complexity index is 882. The largest absolute Gasteiger partial charge is 0.488 e. The molecule has 3 rings (SSSR count). The Kier molecular flexibility index (Phi) is 6.80. The molecule has 1 aliphatic carbocycles. The lowest BCUT2D eigenvalue weighted by molar-refractivity contribution is -0.159. The molecule has 0 amide bonds. The average Bonchev–Trinajstić information content (AvgIpc) is 3.20. The second-order valence-electron chi connectivity index (χ2n) is 7.03. The normalized spacial score (nSPS) is 15.2. The fraction of sp³-hybridized carbons (Fsp3) is 0.500. The van der Waals surface area contributed by atoms with E-state index in [2.05, 4.69) is 14.7 Å². The zero-order chi connectivity index (χ0) is 22.6. The van der Waals surface area contributed by atoms with Gasteiger partial charge in [0.05, 0.1) is 11.8 Å². The van der Waals surface area contributed by atoms with Gasteiger partial charge in [-0.05, 0) is 44.7 Å². The Balaban J connectivity index is 1.96. The van der Waals surface area contributed by atoms with E-state index < -0.39 is 30.4 Å². The number of rotatable bonds is 7. The predicted octanol–water partition coefficient (Wildman–Crippen LogP) is 5.92. The molecule has 1 heterocycles. The number of anilines is 2. The molecule has 0 spiro atoms. The number of halogens is 6. The number of benzene rings is 1. The summed E-state index contributed by atoms with van der Waals surface area (Å²) in [6, 6.07) is 6.88. The van der Waals surface area contributed by atoms with Gasteiger partial charge in [-0.2, -0.15) is 31.3 Å². The van der Waals surface area contributed by atoms with Crippen LogP contribution >= 0.6 is 0 Å². The van der Waals surface area contributed by atoms with Crippen LogP contribution in [0.4, 0.5) is 38.0 Å². The number of nitrogens with zero attached hydrogens (tertiary/aromatic N) is 3. The summed E-state index contributed by atoms with van der Waals surface area (Å²) in [6.45, 7) is 0.0405. The number of ether oxygens (including phenoxy) is 2. The Labute approximate surface area is 175 Å². The third-order valence-corrected chi connectivity index (χ3v) is 4.73. The van der Waals surface area contributed by atoms with Crippen molar-refractivity contribution in [2.75, 3.05) is 18.1 Å². The second kappa shape index (κ2) is 9.19. The SMILES string of the molecule is CCN(c1ncc(C(F)(F)F)c(OCC(F)(F)F)n1)c1ccccc1OC1CCCC1. The van der Waals surface area contributed by atoms with Crippen LogP contribution in [0.15, 0.2) is 30.5 Å². The zero-order valence-electron chi connectivity index (χ0n) is 16.6. The van der Waals surface area contributed by atoms with Gasteiger partial charge in [-0.15, -0.1) is 0 Å². The van der Waals surface area contributed by atoms with Gasteiger partial charge in [0, 0.05) is 12.7 Å². The highest BCUT2D eigenvalue weighted by atomic mass is 19.4. The molecule has 0 unspecified atom stereocenters. The number of alkyl halides is 6. The van der Waals surface area contributed by atoms with Crippen LogP contribution in [-0.4, -0.2) is 35.4 Å². The van der Waals surface area contributed by atoms with E-state index in [1.807, 2.05) is 0 Å². The number of para-hydroxylation sites is 2. The van der Waals surface area contributed by atoms with Crippen molar-refractivity contribution in [1.82, 2.24) is 9.97 Å². The fourth-order valence-electron chi connectivity index (χ4n) is 3.33. The highest BCUT2D eigenvalue weighted by molar-refractivity contribution is 5.65. The van der Waals surface area contributed by atoms with Crippen LogP contribution in [0.1, 0.15) is 38.2 Å². The van der Waals surface area contributed by atoms with E-state index in [1.54, 1.807) is 31.2 Å². The smallest absolute Gasteiger partial charge is 0.423 e. The first-order chi connectivity index (χ1) is 14.6. The van der Waals surface area contributed by atoms with Crippen molar-refractivity contribution in [3.8, 4) is 11.6 Å². The van der Waals surface area contributed by atoms with Crippen LogP contribution < -0.4 is 14.4 Å². The molecule has 0 bridgehead atoms. The molecule has 0 N–H and O–H groups in total. The minimum absolute atomic E-state index is 0.0269. The maximum atomic E-state index is 13.2. The van der Waals surface area contributed by atoms with Gasteiger partial charge in [0.25, 0.3) is 0 Å². The Hall–Kier alpha value is -2.72. The molecule has 0 radical (unpaired) electrons. The molecule has 0 atom stereocenters. The van der Waals surface area contributed by atoms with E-state index >= 15 is 0 Å². The molecule has 1 aromatic carbocycles. The van der Waals surface area contributed by atoms with E-state index in [-0.39, 0.29) is 18.6 Å². The Morgan fingerprint density at radius 2 is 1.74 bits per heavy atom. The molecule has 5 nitrogen and oxygen atoms in total. The quantitative estimate of drug-likeness (QED) is 0.492. The third-order valence-electron chi connectivity index (χ3n) is 4.73. The van der Waals surface area contributed by atoms with Gasteiger partial charge in [0.1, 0.15) is 11.3 Å². The third kappa shape index (κ3) is 5.92. The Morgan fingerprint density at radius 1 is 1.06 bits per heavy atom. The molecule has 1 fully saturated rings. The summed E-state index contributed by atoms with van der Waals surface area (Å²) >= 11 is 0. The molecule has 1 aromatic heterocycles. The summed E-state index contributed by atoms with van der Waals surface area (Å²) in [5.74, 6) is -0.907. The minimum Gasteiger partial charge on any atom is -0.488 e. The van der Waals surface area contributed by atoms with Crippen molar-refractivity contribution in [1.29, 1.82) is 0 Å². The van der Waals surface area contributed by atoms with Crippen molar-refractivity contribution < 1.29 is 35.8 Å². The molecule has 2 aromatic rings. The molecule has 1 saturated carbocycles. The molecule has 1 aliphatic rings. The summed E-state index contributed by atoms with van der Waals surface area (Å²) in [6.07, 6.45) is -5.45. The highest BCUT2D eigenvalue weighted by Gasteiger charge is 2.38. The monoisotopic (exact) mass is 449 g/mol. The lowest BCUT2D eigenvalue weighted by atomic mass is 10.2. The minimum atomic E-state index is -4.97. The summed E-state index contributed by atoms with van der Waals surface area (Å²) < 4.78 is 87.7. The molecule has 170 valence electrons. The number of hydrogen-bond acceptors (Lipinski definition) is 5. The van der Waals surface area contributed by atoms with Crippen LogP contribution in [0.2, 0.25) is 0 Å². The molecule has 0 aliphatic heterocycles.